The fourth-order valence-electron chi connectivity index (χ4n) is 1.99. The van der Waals surface area contributed by atoms with E-state index in [9.17, 15) is 0 Å². The van der Waals surface area contributed by atoms with E-state index >= 15 is 0 Å². The summed E-state index contributed by atoms with van der Waals surface area (Å²) < 4.78 is 16.8. The first-order valence-corrected chi connectivity index (χ1v) is 7.13. The van der Waals surface area contributed by atoms with Crippen LogP contribution in [0, 0.1) is 6.92 Å². The average molecular weight is 265 g/mol. The zero-order chi connectivity index (χ0) is 13.3. The fraction of sp³-hybridized carbons (Fsp3) is 0.667. The van der Waals surface area contributed by atoms with E-state index in [-0.39, 0.29) is 6.29 Å². The summed E-state index contributed by atoms with van der Waals surface area (Å²) in [7, 11) is 0. The topological polar surface area (TPSA) is 40.6 Å². The van der Waals surface area contributed by atoms with Crippen molar-refractivity contribution in [3.63, 3.8) is 0 Å². The third kappa shape index (κ3) is 5.57. The molecule has 1 aliphatic heterocycles. The van der Waals surface area contributed by atoms with Crippen molar-refractivity contribution in [1.29, 1.82) is 0 Å². The second kappa shape index (κ2) is 8.12. The summed E-state index contributed by atoms with van der Waals surface area (Å²) in [6, 6.07) is 3.91. The molecule has 1 aliphatic rings. The Morgan fingerprint density at radius 3 is 2.89 bits per heavy atom. The molecule has 4 heteroatoms. The average Bonchev–Trinajstić information content (AvgIpc) is 2.46. The van der Waals surface area contributed by atoms with Gasteiger partial charge in [-0.25, -0.2) is 0 Å². The van der Waals surface area contributed by atoms with Gasteiger partial charge in [0.15, 0.2) is 6.29 Å². The number of ether oxygens (including phenoxy) is 3. The molecular weight excluding hydrogens is 242 g/mol. The molecule has 1 unspecified atom stereocenters. The highest BCUT2D eigenvalue weighted by Crippen LogP contribution is 2.14. The number of rotatable bonds is 7. The van der Waals surface area contributed by atoms with Crippen LogP contribution < -0.4 is 4.74 Å². The molecule has 0 spiro atoms. The number of hydrogen-bond donors (Lipinski definition) is 0. The number of hydrogen-bond acceptors (Lipinski definition) is 4. The molecule has 4 nitrogen and oxygen atoms in total. The lowest BCUT2D eigenvalue weighted by atomic mass is 10.2. The quantitative estimate of drug-likeness (QED) is 0.710. The summed E-state index contributed by atoms with van der Waals surface area (Å²) in [6.07, 6.45) is 7.19. The zero-order valence-corrected chi connectivity index (χ0v) is 11.6. The van der Waals surface area contributed by atoms with Gasteiger partial charge in [-0.2, -0.15) is 0 Å². The van der Waals surface area contributed by atoms with Gasteiger partial charge in [0, 0.05) is 18.9 Å². The van der Waals surface area contributed by atoms with Gasteiger partial charge < -0.3 is 14.2 Å². The Balaban J connectivity index is 1.49. The normalized spacial score (nSPS) is 19.3. The lowest BCUT2D eigenvalue weighted by Crippen LogP contribution is -2.22. The highest BCUT2D eigenvalue weighted by molar-refractivity contribution is 5.18. The van der Waals surface area contributed by atoms with Crippen molar-refractivity contribution < 1.29 is 14.2 Å². The molecule has 0 amide bonds. The summed E-state index contributed by atoms with van der Waals surface area (Å²) in [4.78, 5) is 4.19. The van der Waals surface area contributed by atoms with Gasteiger partial charge in [0.05, 0.1) is 12.8 Å². The third-order valence-electron chi connectivity index (χ3n) is 3.13. The van der Waals surface area contributed by atoms with Gasteiger partial charge in [0.2, 0.25) is 0 Å². The minimum Gasteiger partial charge on any atom is -0.492 e. The fourth-order valence-corrected chi connectivity index (χ4v) is 1.99. The molecule has 2 heterocycles. The van der Waals surface area contributed by atoms with Crippen molar-refractivity contribution in [3.8, 4) is 5.75 Å². The van der Waals surface area contributed by atoms with Crippen molar-refractivity contribution in [2.45, 2.75) is 45.3 Å². The van der Waals surface area contributed by atoms with Crippen LogP contribution >= 0.6 is 0 Å². The molecule has 0 N–H and O–H groups in total. The van der Waals surface area contributed by atoms with E-state index in [1.807, 2.05) is 19.1 Å². The van der Waals surface area contributed by atoms with Crippen LogP contribution in [0.15, 0.2) is 18.3 Å². The van der Waals surface area contributed by atoms with E-state index in [0.717, 1.165) is 50.3 Å². The first-order valence-electron chi connectivity index (χ1n) is 7.13. The number of pyridine rings is 1. The first kappa shape index (κ1) is 14.3. The molecule has 0 bridgehead atoms. The van der Waals surface area contributed by atoms with Gasteiger partial charge in [-0.15, -0.1) is 0 Å². The summed E-state index contributed by atoms with van der Waals surface area (Å²) in [5, 5.41) is 0. The van der Waals surface area contributed by atoms with Crippen LogP contribution in [0.2, 0.25) is 0 Å². The summed E-state index contributed by atoms with van der Waals surface area (Å²) in [5.74, 6) is 0.835. The van der Waals surface area contributed by atoms with Gasteiger partial charge in [0.1, 0.15) is 5.75 Å². The highest BCUT2D eigenvalue weighted by Gasteiger charge is 2.13. The highest BCUT2D eigenvalue weighted by atomic mass is 16.7. The number of aromatic nitrogens is 1. The van der Waals surface area contributed by atoms with Crippen molar-refractivity contribution in [2.24, 2.45) is 0 Å². The predicted octanol–water partition coefficient (Wildman–Crippen LogP) is 3.09. The number of nitrogens with zero attached hydrogens (tertiary/aromatic N) is 1. The van der Waals surface area contributed by atoms with Gasteiger partial charge in [-0.05, 0) is 51.2 Å². The second-order valence-corrected chi connectivity index (χ2v) is 4.86. The van der Waals surface area contributed by atoms with Crippen molar-refractivity contribution >= 4 is 0 Å². The largest absolute Gasteiger partial charge is 0.492 e. The number of unbranched alkanes of at least 4 members (excludes halogenated alkanes) is 1. The summed E-state index contributed by atoms with van der Waals surface area (Å²) in [5.41, 5.74) is 1.01. The Morgan fingerprint density at radius 1 is 1.26 bits per heavy atom. The van der Waals surface area contributed by atoms with Crippen LogP contribution in [0.25, 0.3) is 0 Å². The van der Waals surface area contributed by atoms with E-state index in [4.69, 9.17) is 14.2 Å². The van der Waals surface area contributed by atoms with E-state index in [0.29, 0.717) is 6.61 Å². The zero-order valence-electron chi connectivity index (χ0n) is 11.6. The van der Waals surface area contributed by atoms with Gasteiger partial charge in [-0.1, -0.05) is 0 Å². The Morgan fingerprint density at radius 2 is 2.16 bits per heavy atom. The third-order valence-corrected chi connectivity index (χ3v) is 3.13. The molecule has 19 heavy (non-hydrogen) atoms. The molecule has 0 saturated carbocycles. The summed E-state index contributed by atoms with van der Waals surface area (Å²) >= 11 is 0. The van der Waals surface area contributed by atoms with Gasteiger partial charge in [0.25, 0.3) is 0 Å². The van der Waals surface area contributed by atoms with Crippen LogP contribution in [0.5, 0.6) is 5.75 Å². The molecule has 1 fully saturated rings. The molecular formula is C15H23NO3. The molecule has 1 atom stereocenters. The molecule has 0 aromatic carbocycles. The maximum atomic E-state index is 5.66. The maximum absolute atomic E-state index is 5.66. The second-order valence-electron chi connectivity index (χ2n) is 4.86. The van der Waals surface area contributed by atoms with Crippen molar-refractivity contribution in [2.75, 3.05) is 19.8 Å². The smallest absolute Gasteiger partial charge is 0.157 e. The Labute approximate surface area is 115 Å². The van der Waals surface area contributed by atoms with Gasteiger partial charge in [-0.3, -0.25) is 4.98 Å². The van der Waals surface area contributed by atoms with E-state index in [1.54, 1.807) is 6.20 Å². The van der Waals surface area contributed by atoms with Crippen LogP contribution in [0.4, 0.5) is 0 Å². The lowest BCUT2D eigenvalue weighted by Gasteiger charge is -2.22. The Bertz CT molecular complexity index is 347. The Hall–Kier alpha value is -1.13. The molecule has 1 aromatic rings. The summed E-state index contributed by atoms with van der Waals surface area (Å²) in [6.45, 7) is 4.27. The predicted molar refractivity (Wildman–Crippen MR) is 73.2 cm³/mol. The van der Waals surface area contributed by atoms with Crippen molar-refractivity contribution in [3.05, 3.63) is 24.0 Å². The van der Waals surface area contributed by atoms with Crippen LogP contribution in [-0.4, -0.2) is 31.1 Å². The monoisotopic (exact) mass is 265 g/mol. The minimum atomic E-state index is 0.0240. The minimum absolute atomic E-state index is 0.0240. The van der Waals surface area contributed by atoms with E-state index in [2.05, 4.69) is 4.98 Å². The number of aryl methyl sites for hydroxylation is 1. The first-order chi connectivity index (χ1) is 9.34. The van der Waals surface area contributed by atoms with E-state index in [1.165, 1.54) is 6.42 Å². The van der Waals surface area contributed by atoms with Crippen LogP contribution in [0.3, 0.4) is 0 Å². The molecule has 0 aliphatic carbocycles. The van der Waals surface area contributed by atoms with Crippen molar-refractivity contribution in [1.82, 2.24) is 4.98 Å². The lowest BCUT2D eigenvalue weighted by molar-refractivity contribution is -0.162. The van der Waals surface area contributed by atoms with Crippen LogP contribution in [-0.2, 0) is 9.47 Å². The maximum Gasteiger partial charge on any atom is 0.157 e. The molecule has 0 radical (unpaired) electrons. The molecule has 2 rings (SSSR count). The molecule has 1 aromatic heterocycles. The van der Waals surface area contributed by atoms with Crippen LogP contribution in [0.1, 0.15) is 37.8 Å². The SMILES string of the molecule is Cc1ccc(OCCCCOC2CCCCO2)cn1. The Kier molecular flexibility index (Phi) is 6.11. The van der Waals surface area contributed by atoms with Gasteiger partial charge >= 0.3 is 0 Å². The van der Waals surface area contributed by atoms with E-state index < -0.39 is 0 Å². The molecule has 1 saturated heterocycles. The standard InChI is InChI=1S/C15H23NO3/c1-13-7-8-14(12-16-13)17-9-4-5-11-19-15-6-2-3-10-18-15/h7-8,12,15H,2-6,9-11H2,1H3. The molecule has 106 valence electrons.